The Morgan fingerprint density at radius 1 is 1.42 bits per heavy atom. The number of rotatable bonds is 9. The molecule has 2 atom stereocenters. The Kier molecular flexibility index (Phi) is 8.32. The quantitative estimate of drug-likeness (QED) is 0.477. The van der Waals surface area contributed by atoms with Crippen LogP contribution in [0.2, 0.25) is 0 Å². The van der Waals surface area contributed by atoms with E-state index in [-0.39, 0.29) is 13.2 Å². The van der Waals surface area contributed by atoms with Gasteiger partial charge in [-0.1, -0.05) is 5.92 Å². The van der Waals surface area contributed by atoms with E-state index in [1.54, 1.807) is 0 Å². The molecule has 0 spiro atoms. The van der Waals surface area contributed by atoms with Crippen molar-refractivity contribution in [1.29, 1.82) is 0 Å². The van der Waals surface area contributed by atoms with E-state index in [4.69, 9.17) is 20.6 Å². The molecular weight excluding hydrogens is 318 g/mol. The van der Waals surface area contributed by atoms with E-state index in [1.165, 1.54) is 31.0 Å². The van der Waals surface area contributed by atoms with Gasteiger partial charge in [0, 0.05) is 26.5 Å². The molecule has 0 radical (unpaired) electrons. The molecule has 9 nitrogen and oxygen atoms in total. The molecule has 0 fully saturated rings. The normalized spacial score (nSPS) is 12.9. The van der Waals surface area contributed by atoms with Gasteiger partial charge in [-0.25, -0.2) is 9.59 Å². The first-order valence-electron chi connectivity index (χ1n) is 7.24. The van der Waals surface area contributed by atoms with Crippen LogP contribution in [0.4, 0.5) is 4.79 Å². The lowest BCUT2D eigenvalue weighted by Crippen LogP contribution is -2.38. The van der Waals surface area contributed by atoms with Crippen LogP contribution in [-0.2, 0) is 14.2 Å². The van der Waals surface area contributed by atoms with Crippen LogP contribution in [0.5, 0.6) is 0 Å². The zero-order chi connectivity index (χ0) is 17.9. The zero-order valence-electron chi connectivity index (χ0n) is 13.6. The van der Waals surface area contributed by atoms with Crippen LogP contribution in [-0.4, -0.2) is 49.1 Å². The first-order chi connectivity index (χ1) is 11.5. The van der Waals surface area contributed by atoms with Crippen molar-refractivity contribution in [2.45, 2.75) is 25.2 Å². The van der Waals surface area contributed by atoms with Gasteiger partial charge < -0.3 is 19.5 Å². The number of terminal acetylenes is 1. The van der Waals surface area contributed by atoms with Gasteiger partial charge in [0.25, 0.3) is 5.56 Å². The lowest BCUT2D eigenvalue weighted by molar-refractivity contribution is -0.0838. The fourth-order valence-electron chi connectivity index (χ4n) is 2.07. The van der Waals surface area contributed by atoms with Gasteiger partial charge in [0.1, 0.15) is 6.10 Å². The van der Waals surface area contributed by atoms with Crippen molar-refractivity contribution in [3.8, 4) is 12.3 Å². The van der Waals surface area contributed by atoms with Crippen molar-refractivity contribution in [3.05, 3.63) is 33.1 Å². The maximum atomic E-state index is 11.9. The summed E-state index contributed by atoms with van der Waals surface area (Å²) in [7, 11) is 2.91. The van der Waals surface area contributed by atoms with Gasteiger partial charge in [0.2, 0.25) is 0 Å². The molecule has 0 aliphatic carbocycles. The third kappa shape index (κ3) is 5.91. The highest BCUT2D eigenvalue weighted by Gasteiger charge is 2.23. The maximum absolute atomic E-state index is 11.9. The second-order valence-electron chi connectivity index (χ2n) is 4.75. The van der Waals surface area contributed by atoms with Gasteiger partial charge >= 0.3 is 11.8 Å². The smallest absolute Gasteiger partial charge is 0.407 e. The second kappa shape index (κ2) is 10.3. The zero-order valence-corrected chi connectivity index (χ0v) is 13.6. The third-order valence-corrected chi connectivity index (χ3v) is 3.19. The van der Waals surface area contributed by atoms with Gasteiger partial charge in [-0.05, 0) is 12.8 Å². The number of aromatic amines is 1. The molecule has 0 aliphatic heterocycles. The van der Waals surface area contributed by atoms with Gasteiger partial charge in [0.15, 0.2) is 6.23 Å². The number of hydrogen-bond acceptors (Lipinski definition) is 6. The number of carbonyl (C=O) groups excluding carboxylic acids is 1. The van der Waals surface area contributed by atoms with Crippen molar-refractivity contribution < 1.29 is 19.0 Å². The van der Waals surface area contributed by atoms with Gasteiger partial charge in [-0.3, -0.25) is 14.3 Å². The Morgan fingerprint density at radius 3 is 2.75 bits per heavy atom. The number of methoxy groups -OCH3 is 2. The summed E-state index contributed by atoms with van der Waals surface area (Å²) in [6.45, 7) is 0.258. The molecule has 0 aliphatic rings. The molecule has 1 unspecified atom stereocenters. The highest BCUT2D eigenvalue weighted by atomic mass is 16.6. The van der Waals surface area contributed by atoms with Crippen LogP contribution in [0.25, 0.3) is 0 Å². The molecule has 0 saturated heterocycles. The summed E-state index contributed by atoms with van der Waals surface area (Å²) >= 11 is 0. The Hall–Kier alpha value is -2.57. The fourth-order valence-corrected chi connectivity index (χ4v) is 2.07. The first kappa shape index (κ1) is 19.5. The molecule has 1 aromatic rings. The molecule has 2 N–H and O–H groups in total. The van der Waals surface area contributed by atoms with E-state index in [2.05, 4.69) is 16.2 Å². The predicted molar refractivity (Wildman–Crippen MR) is 85.6 cm³/mol. The highest BCUT2D eigenvalue weighted by molar-refractivity contribution is 5.67. The Morgan fingerprint density at radius 2 is 2.17 bits per heavy atom. The molecule has 1 rings (SSSR count). The largest absolute Gasteiger partial charge is 0.450 e. The van der Waals surface area contributed by atoms with Crippen LogP contribution in [0, 0.1) is 12.3 Å². The summed E-state index contributed by atoms with van der Waals surface area (Å²) in [5, 5.41) is 2.37. The number of nitrogens with zero attached hydrogens (tertiary/aromatic N) is 1. The average molecular weight is 339 g/mol. The number of alkyl carbamates (subject to hydrolysis) is 1. The minimum Gasteiger partial charge on any atom is -0.450 e. The lowest BCUT2D eigenvalue weighted by Gasteiger charge is -2.26. The molecule has 0 aromatic carbocycles. The molecule has 9 heteroatoms. The Balaban J connectivity index is 2.60. The Bertz CT molecular complexity index is 675. The number of aromatic nitrogens is 2. The topological polar surface area (TPSA) is 112 Å². The van der Waals surface area contributed by atoms with Crippen LogP contribution in [0.1, 0.15) is 19.1 Å². The summed E-state index contributed by atoms with van der Waals surface area (Å²) in [6, 6.07) is 1.22. The molecule has 0 bridgehead atoms. The minimum absolute atomic E-state index is 0.0976. The van der Waals surface area contributed by atoms with Crippen molar-refractivity contribution in [2.24, 2.45) is 0 Å². The van der Waals surface area contributed by atoms with Crippen molar-refractivity contribution in [2.75, 3.05) is 27.4 Å². The summed E-state index contributed by atoms with van der Waals surface area (Å²) in [4.78, 5) is 36.4. The highest BCUT2D eigenvalue weighted by Crippen LogP contribution is 2.17. The lowest BCUT2D eigenvalue weighted by atomic mass is 10.1. The van der Waals surface area contributed by atoms with Crippen LogP contribution in [0.3, 0.4) is 0 Å². The third-order valence-electron chi connectivity index (χ3n) is 3.19. The van der Waals surface area contributed by atoms with Crippen LogP contribution >= 0.6 is 0 Å². The van der Waals surface area contributed by atoms with E-state index in [9.17, 15) is 14.4 Å². The van der Waals surface area contributed by atoms with E-state index in [0.717, 1.165) is 0 Å². The SMILES string of the molecule is C#CCNC(=O)OCCCC(OC)[C@@H](OC)n1ccc(=O)[nH]c1=O. The minimum atomic E-state index is -0.727. The van der Waals surface area contributed by atoms with Crippen LogP contribution < -0.4 is 16.6 Å². The number of hydrogen-bond donors (Lipinski definition) is 2. The fraction of sp³-hybridized carbons (Fsp3) is 0.533. The van der Waals surface area contributed by atoms with Crippen molar-refractivity contribution >= 4 is 6.09 Å². The van der Waals surface area contributed by atoms with Crippen molar-refractivity contribution in [1.82, 2.24) is 14.9 Å². The number of H-pyrrole nitrogens is 1. The second-order valence-corrected chi connectivity index (χ2v) is 4.75. The monoisotopic (exact) mass is 339 g/mol. The summed E-state index contributed by atoms with van der Waals surface area (Å²) in [5.41, 5.74) is -1.09. The number of ether oxygens (including phenoxy) is 3. The Labute approximate surface area is 138 Å². The van der Waals surface area contributed by atoms with E-state index in [0.29, 0.717) is 12.8 Å². The molecular formula is C15H21N3O6. The molecule has 1 heterocycles. The van der Waals surface area contributed by atoms with E-state index < -0.39 is 29.7 Å². The van der Waals surface area contributed by atoms with Crippen molar-refractivity contribution in [3.63, 3.8) is 0 Å². The van der Waals surface area contributed by atoms with E-state index >= 15 is 0 Å². The summed E-state index contributed by atoms with van der Waals surface area (Å²) < 4.78 is 16.8. The number of nitrogens with one attached hydrogen (secondary N) is 2. The van der Waals surface area contributed by atoms with E-state index in [1.807, 2.05) is 0 Å². The number of carbonyl (C=O) groups is 1. The van der Waals surface area contributed by atoms with Gasteiger partial charge in [-0.2, -0.15) is 0 Å². The number of amides is 1. The maximum Gasteiger partial charge on any atom is 0.407 e. The van der Waals surface area contributed by atoms with Crippen LogP contribution in [0.15, 0.2) is 21.9 Å². The first-order valence-corrected chi connectivity index (χ1v) is 7.24. The average Bonchev–Trinajstić information content (AvgIpc) is 2.57. The standard InChI is InChI=1S/C15H21N3O6/c1-4-8-16-15(21)24-10-5-6-11(22-2)13(23-3)18-9-7-12(19)17-14(18)20/h1,7,9,11,13H,5-6,8,10H2,2-3H3,(H,16,21)(H,17,19,20)/t11?,13-/m1/s1. The molecule has 1 aromatic heterocycles. The van der Waals surface area contributed by atoms with Gasteiger partial charge in [0.05, 0.1) is 13.2 Å². The summed E-state index contributed by atoms with van der Waals surface area (Å²) in [6.07, 6.45) is 5.50. The van der Waals surface area contributed by atoms with Gasteiger partial charge in [-0.15, -0.1) is 6.42 Å². The molecule has 132 valence electrons. The summed E-state index contributed by atoms with van der Waals surface area (Å²) in [5.74, 6) is 2.26. The molecule has 1 amide bonds. The predicted octanol–water partition coefficient (Wildman–Crippen LogP) is -0.164. The molecule has 0 saturated carbocycles. The molecule has 24 heavy (non-hydrogen) atoms.